The fourth-order valence-corrected chi connectivity index (χ4v) is 7.67. The lowest BCUT2D eigenvalue weighted by molar-refractivity contribution is 0.475. The Balaban J connectivity index is 1.42. The molecule has 222 valence electrons. The van der Waals surface area contributed by atoms with Gasteiger partial charge in [-0.3, -0.25) is 0 Å². The summed E-state index contributed by atoms with van der Waals surface area (Å²) in [5.74, 6) is 0.517. The number of hydrogen-bond donors (Lipinski definition) is 2. The second-order valence-electron chi connectivity index (χ2n) is 12.5. The first kappa shape index (κ1) is 27.2. The highest BCUT2D eigenvalue weighted by Crippen LogP contribution is 2.58. The molecule has 2 N–H and O–H groups in total. The molecule has 0 aliphatic heterocycles. The second kappa shape index (κ2) is 10.5. The van der Waals surface area contributed by atoms with Crippen molar-refractivity contribution in [1.82, 2.24) is 0 Å². The zero-order valence-corrected chi connectivity index (χ0v) is 25.6. The van der Waals surface area contributed by atoms with E-state index in [0.717, 1.165) is 32.7 Å². The van der Waals surface area contributed by atoms with Crippen molar-refractivity contribution in [1.29, 1.82) is 0 Å². The minimum Gasteiger partial charge on any atom is -0.508 e. The van der Waals surface area contributed by atoms with Gasteiger partial charge in [-0.1, -0.05) is 121 Å². The number of fused-ring (bicyclic) bond motifs is 5. The van der Waals surface area contributed by atoms with Gasteiger partial charge in [-0.25, -0.2) is 0 Å². The molecule has 47 heavy (non-hydrogen) atoms. The number of phenols is 2. The molecule has 0 unspecified atom stereocenters. The monoisotopic (exact) mass is 602 g/mol. The fraction of sp³-hybridized carbons (Fsp3) is 0.0222. The molecular weight excluding hydrogens is 572 g/mol. The zero-order chi connectivity index (χ0) is 31.5. The standard InChI is InChI=1S/C45H30O2/c46-39-19-13-31-23-37(17-11-33(31)25-39)45(38-18-12-34-26-40(47)20-14-32(34)24-38)43-27-35(29-7-3-1-4-8-29)15-21-41(43)42-22-16-36(28-44(42)45)30-9-5-2-6-10-30/h1-28,46-47H. The number of aromatic hydroxyl groups is 2. The summed E-state index contributed by atoms with van der Waals surface area (Å²) in [6.07, 6.45) is 0. The van der Waals surface area contributed by atoms with Crippen molar-refractivity contribution in [3.63, 3.8) is 0 Å². The molecule has 8 aromatic carbocycles. The first-order chi connectivity index (χ1) is 23.1. The van der Waals surface area contributed by atoms with Crippen molar-refractivity contribution in [3.8, 4) is 44.9 Å². The number of benzene rings is 8. The van der Waals surface area contributed by atoms with E-state index in [9.17, 15) is 10.2 Å². The second-order valence-corrected chi connectivity index (χ2v) is 12.5. The molecule has 2 nitrogen and oxygen atoms in total. The Morgan fingerprint density at radius 2 is 0.723 bits per heavy atom. The minimum absolute atomic E-state index is 0.259. The van der Waals surface area contributed by atoms with E-state index < -0.39 is 5.41 Å². The fourth-order valence-electron chi connectivity index (χ4n) is 7.67. The Kier molecular flexibility index (Phi) is 6.06. The van der Waals surface area contributed by atoms with Crippen molar-refractivity contribution in [2.45, 2.75) is 5.41 Å². The van der Waals surface area contributed by atoms with Crippen molar-refractivity contribution in [3.05, 3.63) is 192 Å². The Bertz CT molecular complexity index is 2300. The van der Waals surface area contributed by atoms with E-state index in [0.29, 0.717) is 0 Å². The average Bonchev–Trinajstić information content (AvgIpc) is 3.41. The molecule has 0 atom stereocenters. The van der Waals surface area contributed by atoms with Crippen LogP contribution in [0.1, 0.15) is 22.3 Å². The highest BCUT2D eigenvalue weighted by molar-refractivity contribution is 5.94. The molecule has 2 heteroatoms. The van der Waals surface area contributed by atoms with Gasteiger partial charge in [0.2, 0.25) is 0 Å². The van der Waals surface area contributed by atoms with Crippen LogP contribution in [0.25, 0.3) is 54.9 Å². The van der Waals surface area contributed by atoms with E-state index in [1.54, 1.807) is 12.1 Å². The van der Waals surface area contributed by atoms with Crippen LogP contribution in [0.4, 0.5) is 0 Å². The normalized spacial score (nSPS) is 13.0. The Labute approximate surface area is 273 Å². The van der Waals surface area contributed by atoms with Gasteiger partial charge in [0, 0.05) is 0 Å². The summed E-state index contributed by atoms with van der Waals surface area (Å²) in [4.78, 5) is 0. The first-order valence-electron chi connectivity index (χ1n) is 15.9. The van der Waals surface area contributed by atoms with Crippen LogP contribution in [0.15, 0.2) is 170 Å². The molecule has 0 aromatic heterocycles. The summed E-state index contributed by atoms with van der Waals surface area (Å²) >= 11 is 0. The Morgan fingerprint density at radius 3 is 1.17 bits per heavy atom. The Morgan fingerprint density at radius 1 is 0.319 bits per heavy atom. The maximum atomic E-state index is 10.3. The third-order valence-corrected chi connectivity index (χ3v) is 9.87. The van der Waals surface area contributed by atoms with Gasteiger partial charge in [-0.2, -0.15) is 0 Å². The van der Waals surface area contributed by atoms with Gasteiger partial charge < -0.3 is 10.2 Å². The summed E-state index contributed by atoms with van der Waals surface area (Å²) in [6, 6.07) is 59.5. The molecule has 0 fully saturated rings. The summed E-state index contributed by atoms with van der Waals surface area (Å²) in [6.45, 7) is 0. The predicted octanol–water partition coefficient (Wildman–Crippen LogP) is 11.1. The largest absolute Gasteiger partial charge is 0.508 e. The summed E-state index contributed by atoms with van der Waals surface area (Å²) < 4.78 is 0. The van der Waals surface area contributed by atoms with Crippen LogP contribution >= 0.6 is 0 Å². The molecule has 0 radical (unpaired) electrons. The smallest absolute Gasteiger partial charge is 0.116 e. The molecule has 9 rings (SSSR count). The van der Waals surface area contributed by atoms with Crippen LogP contribution in [0, 0.1) is 0 Å². The molecule has 8 aromatic rings. The Hall–Kier alpha value is -6.12. The average molecular weight is 603 g/mol. The maximum Gasteiger partial charge on any atom is 0.116 e. The summed E-state index contributed by atoms with van der Waals surface area (Å²) in [7, 11) is 0. The number of hydrogen-bond acceptors (Lipinski definition) is 2. The summed E-state index contributed by atoms with van der Waals surface area (Å²) in [5, 5.41) is 24.7. The molecule has 0 saturated carbocycles. The third kappa shape index (κ3) is 4.26. The lowest BCUT2D eigenvalue weighted by atomic mass is 9.66. The minimum atomic E-state index is -0.654. The van der Waals surface area contributed by atoms with Gasteiger partial charge in [-0.15, -0.1) is 0 Å². The third-order valence-electron chi connectivity index (χ3n) is 9.87. The quantitative estimate of drug-likeness (QED) is 0.210. The molecule has 0 heterocycles. The van der Waals surface area contributed by atoms with Gasteiger partial charge >= 0.3 is 0 Å². The SMILES string of the molecule is Oc1ccc2cc(C3(c4ccc5cc(O)ccc5c4)c4cc(-c5ccccc5)ccc4-c4ccc(-c5ccccc5)cc43)ccc2c1. The highest BCUT2D eigenvalue weighted by Gasteiger charge is 2.46. The van der Waals surface area contributed by atoms with Crippen molar-refractivity contribution >= 4 is 21.5 Å². The van der Waals surface area contributed by atoms with Crippen LogP contribution < -0.4 is 0 Å². The van der Waals surface area contributed by atoms with E-state index in [4.69, 9.17) is 0 Å². The lowest BCUT2D eigenvalue weighted by Crippen LogP contribution is -2.28. The van der Waals surface area contributed by atoms with E-state index in [-0.39, 0.29) is 11.5 Å². The molecule has 0 spiro atoms. The van der Waals surface area contributed by atoms with Crippen LogP contribution in [-0.4, -0.2) is 10.2 Å². The predicted molar refractivity (Wildman–Crippen MR) is 193 cm³/mol. The van der Waals surface area contributed by atoms with E-state index in [1.165, 1.54) is 44.5 Å². The number of rotatable bonds is 4. The van der Waals surface area contributed by atoms with E-state index in [1.807, 2.05) is 24.3 Å². The molecule has 0 amide bonds. The molecular formula is C45H30O2. The van der Waals surface area contributed by atoms with Crippen molar-refractivity contribution in [2.75, 3.05) is 0 Å². The van der Waals surface area contributed by atoms with Crippen LogP contribution in [-0.2, 0) is 5.41 Å². The lowest BCUT2D eigenvalue weighted by Gasteiger charge is -2.35. The number of phenolic OH excluding ortho intramolecular Hbond substituents is 2. The molecule has 0 bridgehead atoms. The van der Waals surface area contributed by atoms with Gasteiger partial charge in [0.25, 0.3) is 0 Å². The van der Waals surface area contributed by atoms with Gasteiger partial charge in [0.1, 0.15) is 11.5 Å². The maximum absolute atomic E-state index is 10.3. The van der Waals surface area contributed by atoms with Crippen LogP contribution in [0.2, 0.25) is 0 Å². The molecule has 1 aliphatic carbocycles. The van der Waals surface area contributed by atoms with Crippen molar-refractivity contribution in [2.24, 2.45) is 0 Å². The van der Waals surface area contributed by atoms with Gasteiger partial charge in [-0.05, 0) is 126 Å². The first-order valence-corrected chi connectivity index (χ1v) is 15.9. The van der Waals surface area contributed by atoms with Crippen LogP contribution in [0.5, 0.6) is 11.5 Å². The molecule has 1 aliphatic rings. The van der Waals surface area contributed by atoms with Gasteiger partial charge in [0.05, 0.1) is 5.41 Å². The van der Waals surface area contributed by atoms with Crippen molar-refractivity contribution < 1.29 is 10.2 Å². The van der Waals surface area contributed by atoms with Gasteiger partial charge in [0.15, 0.2) is 0 Å². The molecule has 0 saturated heterocycles. The van der Waals surface area contributed by atoms with Crippen LogP contribution in [0.3, 0.4) is 0 Å². The van der Waals surface area contributed by atoms with E-state index >= 15 is 0 Å². The topological polar surface area (TPSA) is 40.5 Å². The highest BCUT2D eigenvalue weighted by atomic mass is 16.3. The van der Waals surface area contributed by atoms with E-state index in [2.05, 4.69) is 133 Å². The zero-order valence-electron chi connectivity index (χ0n) is 25.6. The summed E-state index contributed by atoms with van der Waals surface area (Å²) in [5.41, 5.74) is 11.2.